The summed E-state index contributed by atoms with van der Waals surface area (Å²) < 4.78 is 9.70. The molecule has 0 saturated heterocycles. The number of nitrogens with zero attached hydrogens (tertiary/aromatic N) is 5. The Morgan fingerprint density at radius 3 is 2.77 bits per heavy atom. The smallest absolute Gasteiger partial charge is 0.274 e. The Hall–Kier alpha value is -2.32. The molecule has 3 aromatic rings. The fourth-order valence-electron chi connectivity index (χ4n) is 2.33. The second-order valence-corrected chi connectivity index (χ2v) is 7.02. The van der Waals surface area contributed by atoms with Gasteiger partial charge in [-0.25, -0.2) is 4.68 Å². The fourth-order valence-corrected chi connectivity index (χ4v) is 3.13. The first kappa shape index (κ1) is 18.5. The lowest BCUT2D eigenvalue weighted by atomic mass is 10.3. The lowest BCUT2D eigenvalue weighted by Crippen LogP contribution is -2.27. The van der Waals surface area contributed by atoms with Gasteiger partial charge >= 0.3 is 0 Å². The zero-order chi connectivity index (χ0) is 18.7. The zero-order valence-corrected chi connectivity index (χ0v) is 16.6. The highest BCUT2D eigenvalue weighted by Gasteiger charge is 2.16. The molecule has 1 amide bonds. The largest absolute Gasteiger partial charge is 0.470 e. The maximum absolute atomic E-state index is 12.5. The second-order valence-electron chi connectivity index (χ2n) is 5.73. The molecule has 26 heavy (non-hydrogen) atoms. The van der Waals surface area contributed by atoms with Crippen molar-refractivity contribution >= 4 is 33.4 Å². The molecule has 0 spiro atoms. The average molecular weight is 439 g/mol. The number of carbonyl (C=O) groups excluding carboxylic acids is 1. The molecule has 7 nitrogen and oxygen atoms in total. The molecule has 0 atom stereocenters. The van der Waals surface area contributed by atoms with Gasteiger partial charge in [0.1, 0.15) is 5.75 Å². The lowest BCUT2D eigenvalue weighted by Gasteiger charge is -2.14. The first-order valence-corrected chi connectivity index (χ1v) is 8.95. The molecule has 0 fully saturated rings. The third-order valence-corrected chi connectivity index (χ3v) is 4.48. The minimum Gasteiger partial charge on any atom is -0.470 e. The number of ether oxygens (including phenoxy) is 1. The standard InChI is InChI=1S/C17H17BrClN5O2/c1-22(10-13-5-7-23(2)20-13)17(25)15-6-8-24(21-15)11-26-16-4-3-12(19)9-14(16)18/h3-9H,10-11H2,1-2H3. The summed E-state index contributed by atoms with van der Waals surface area (Å²) in [5, 5.41) is 9.16. The van der Waals surface area contributed by atoms with E-state index in [1.54, 1.807) is 51.8 Å². The Kier molecular flexibility index (Phi) is 5.63. The minimum absolute atomic E-state index is 0.178. The average Bonchev–Trinajstić information content (AvgIpc) is 3.22. The van der Waals surface area contributed by atoms with E-state index in [4.69, 9.17) is 16.3 Å². The first-order chi connectivity index (χ1) is 12.4. The summed E-state index contributed by atoms with van der Waals surface area (Å²) in [4.78, 5) is 14.1. The Morgan fingerprint density at radius 2 is 2.08 bits per heavy atom. The van der Waals surface area contributed by atoms with Gasteiger partial charge in [0.05, 0.1) is 16.7 Å². The third kappa shape index (κ3) is 4.44. The number of hydrogen-bond acceptors (Lipinski definition) is 4. The molecule has 0 aliphatic carbocycles. The van der Waals surface area contributed by atoms with Gasteiger partial charge < -0.3 is 9.64 Å². The quantitative estimate of drug-likeness (QED) is 0.592. The molecular formula is C17H17BrClN5O2. The van der Waals surface area contributed by atoms with Gasteiger partial charge in [-0.15, -0.1) is 0 Å². The molecule has 0 aliphatic heterocycles. The van der Waals surface area contributed by atoms with Crippen molar-refractivity contribution in [3.63, 3.8) is 0 Å². The van der Waals surface area contributed by atoms with Crippen molar-refractivity contribution in [1.29, 1.82) is 0 Å². The van der Waals surface area contributed by atoms with Crippen molar-refractivity contribution < 1.29 is 9.53 Å². The summed E-state index contributed by atoms with van der Waals surface area (Å²) in [6.07, 6.45) is 3.54. The van der Waals surface area contributed by atoms with Gasteiger partial charge in [0.15, 0.2) is 12.4 Å². The van der Waals surface area contributed by atoms with Crippen molar-refractivity contribution in [3.05, 3.63) is 63.6 Å². The van der Waals surface area contributed by atoms with Crippen molar-refractivity contribution in [1.82, 2.24) is 24.5 Å². The van der Waals surface area contributed by atoms with Gasteiger partial charge in [-0.1, -0.05) is 11.6 Å². The number of halogens is 2. The molecule has 2 heterocycles. The maximum atomic E-state index is 12.5. The van der Waals surface area contributed by atoms with Gasteiger partial charge in [0, 0.05) is 31.5 Å². The zero-order valence-electron chi connectivity index (χ0n) is 14.3. The van der Waals surface area contributed by atoms with Crippen LogP contribution in [0.15, 0.2) is 47.2 Å². The summed E-state index contributed by atoms with van der Waals surface area (Å²) in [6.45, 7) is 0.595. The molecule has 136 valence electrons. The normalized spacial score (nSPS) is 10.8. The van der Waals surface area contributed by atoms with E-state index in [2.05, 4.69) is 26.1 Å². The van der Waals surface area contributed by atoms with Crippen LogP contribution in [0, 0.1) is 0 Å². The van der Waals surface area contributed by atoms with Crippen LogP contribution in [0.1, 0.15) is 16.2 Å². The van der Waals surface area contributed by atoms with Gasteiger partial charge in [0.25, 0.3) is 5.91 Å². The van der Waals surface area contributed by atoms with E-state index in [0.29, 0.717) is 23.0 Å². The fraction of sp³-hybridized carbons (Fsp3) is 0.235. The van der Waals surface area contributed by atoms with E-state index >= 15 is 0 Å². The SMILES string of the molecule is CN(Cc1ccn(C)n1)C(=O)c1ccn(COc2ccc(Cl)cc2Br)n1. The summed E-state index contributed by atoms with van der Waals surface area (Å²) in [5.74, 6) is 0.465. The van der Waals surface area contributed by atoms with Crippen molar-refractivity contribution in [2.45, 2.75) is 13.3 Å². The number of aryl methyl sites for hydroxylation is 1. The molecular weight excluding hydrogens is 422 g/mol. The Morgan fingerprint density at radius 1 is 1.27 bits per heavy atom. The van der Waals surface area contributed by atoms with Crippen LogP contribution in [0.5, 0.6) is 5.75 Å². The van der Waals surface area contributed by atoms with E-state index in [1.807, 2.05) is 19.3 Å². The van der Waals surface area contributed by atoms with E-state index in [9.17, 15) is 4.79 Å². The summed E-state index contributed by atoms with van der Waals surface area (Å²) in [6, 6.07) is 8.80. The van der Waals surface area contributed by atoms with E-state index in [0.717, 1.165) is 10.2 Å². The van der Waals surface area contributed by atoms with E-state index < -0.39 is 0 Å². The molecule has 0 N–H and O–H groups in total. The third-order valence-electron chi connectivity index (χ3n) is 3.62. The number of benzene rings is 1. The van der Waals surface area contributed by atoms with Crippen LogP contribution >= 0.6 is 27.5 Å². The van der Waals surface area contributed by atoms with Gasteiger partial charge in [-0.3, -0.25) is 9.48 Å². The van der Waals surface area contributed by atoms with Crippen LogP contribution < -0.4 is 4.74 Å². The van der Waals surface area contributed by atoms with Crippen LogP contribution in [-0.4, -0.2) is 37.4 Å². The topological polar surface area (TPSA) is 65.2 Å². The number of rotatable bonds is 6. The molecule has 9 heteroatoms. The van der Waals surface area contributed by atoms with E-state index in [-0.39, 0.29) is 12.6 Å². The minimum atomic E-state index is -0.179. The van der Waals surface area contributed by atoms with Crippen LogP contribution in [-0.2, 0) is 20.3 Å². The van der Waals surface area contributed by atoms with Gasteiger partial charge in [-0.05, 0) is 46.3 Å². The van der Waals surface area contributed by atoms with Crippen LogP contribution in [0.4, 0.5) is 0 Å². The Bertz CT molecular complexity index is 924. The highest BCUT2D eigenvalue weighted by atomic mass is 79.9. The molecule has 0 radical (unpaired) electrons. The molecule has 0 bridgehead atoms. The maximum Gasteiger partial charge on any atom is 0.274 e. The summed E-state index contributed by atoms with van der Waals surface area (Å²) in [7, 11) is 3.56. The predicted molar refractivity (Wildman–Crippen MR) is 101 cm³/mol. The van der Waals surface area contributed by atoms with Crippen molar-refractivity contribution in [3.8, 4) is 5.75 Å². The van der Waals surface area contributed by atoms with Crippen LogP contribution in [0.3, 0.4) is 0 Å². The lowest BCUT2D eigenvalue weighted by molar-refractivity contribution is 0.0775. The predicted octanol–water partition coefficient (Wildman–Crippen LogP) is 3.34. The monoisotopic (exact) mass is 437 g/mol. The molecule has 0 aliphatic rings. The number of hydrogen-bond donors (Lipinski definition) is 0. The number of aromatic nitrogens is 4. The number of amides is 1. The molecule has 0 unspecified atom stereocenters. The summed E-state index contributed by atoms with van der Waals surface area (Å²) >= 11 is 9.30. The van der Waals surface area contributed by atoms with Gasteiger partial charge in [0.2, 0.25) is 0 Å². The van der Waals surface area contributed by atoms with Gasteiger partial charge in [-0.2, -0.15) is 10.2 Å². The van der Waals surface area contributed by atoms with Crippen molar-refractivity contribution in [2.75, 3.05) is 7.05 Å². The first-order valence-electron chi connectivity index (χ1n) is 7.77. The van der Waals surface area contributed by atoms with Crippen molar-refractivity contribution in [2.24, 2.45) is 7.05 Å². The van der Waals surface area contributed by atoms with Crippen LogP contribution in [0.2, 0.25) is 5.02 Å². The second kappa shape index (κ2) is 7.92. The Labute approximate surface area is 164 Å². The Balaban J connectivity index is 1.60. The molecule has 2 aromatic heterocycles. The molecule has 3 rings (SSSR count). The summed E-state index contributed by atoms with van der Waals surface area (Å²) in [5.41, 5.74) is 1.17. The highest BCUT2D eigenvalue weighted by molar-refractivity contribution is 9.10. The molecule has 0 saturated carbocycles. The molecule has 1 aromatic carbocycles. The van der Waals surface area contributed by atoms with E-state index in [1.165, 1.54) is 0 Å². The number of carbonyl (C=O) groups is 1. The highest BCUT2D eigenvalue weighted by Crippen LogP contribution is 2.28. The van der Waals surface area contributed by atoms with Crippen LogP contribution in [0.25, 0.3) is 0 Å².